The number of ether oxygens (including phenoxy) is 2. The van der Waals surface area contributed by atoms with Gasteiger partial charge in [0.15, 0.2) is 0 Å². The van der Waals surface area contributed by atoms with E-state index in [1.165, 1.54) is 0 Å². The van der Waals surface area contributed by atoms with Crippen LogP contribution in [0.1, 0.15) is 23.6 Å². The van der Waals surface area contributed by atoms with Crippen molar-refractivity contribution in [3.05, 3.63) is 16.7 Å². The Morgan fingerprint density at radius 1 is 1.17 bits per heavy atom. The van der Waals surface area contributed by atoms with Gasteiger partial charge >= 0.3 is 0 Å². The zero-order chi connectivity index (χ0) is 13.9. The maximum Gasteiger partial charge on any atom is 0.132 e. The van der Waals surface area contributed by atoms with Gasteiger partial charge in [0.05, 0.1) is 14.2 Å². The summed E-state index contributed by atoms with van der Waals surface area (Å²) in [5.41, 5.74) is 2.17. The fourth-order valence-corrected chi connectivity index (χ4v) is 2.16. The third-order valence-electron chi connectivity index (χ3n) is 3.11. The first-order valence-corrected chi connectivity index (χ1v) is 5.86. The molecule has 0 aromatic heterocycles. The van der Waals surface area contributed by atoms with E-state index in [9.17, 15) is 9.90 Å². The molecule has 1 aromatic rings. The first kappa shape index (κ1) is 14.4. The number of phenolic OH excluding ortho intramolecular Hbond substituents is 1. The predicted molar refractivity (Wildman–Crippen MR) is 69.6 cm³/mol. The molecule has 0 amide bonds. The van der Waals surface area contributed by atoms with E-state index >= 15 is 0 Å². The first-order valence-electron chi connectivity index (χ1n) is 5.86. The average molecular weight is 252 g/mol. The Morgan fingerprint density at radius 2 is 1.61 bits per heavy atom. The summed E-state index contributed by atoms with van der Waals surface area (Å²) in [7, 11) is 3.09. The van der Waals surface area contributed by atoms with Gasteiger partial charge in [-0.05, 0) is 20.3 Å². The molecule has 18 heavy (non-hydrogen) atoms. The molecule has 0 bridgehead atoms. The zero-order valence-corrected chi connectivity index (χ0v) is 11.5. The van der Waals surface area contributed by atoms with Crippen molar-refractivity contribution in [3.8, 4) is 17.2 Å². The monoisotopic (exact) mass is 252 g/mol. The fraction of sp³-hybridized carbons (Fsp3) is 0.500. The van der Waals surface area contributed by atoms with E-state index in [1.807, 2.05) is 6.92 Å². The number of hydrogen-bond donors (Lipinski definition) is 1. The number of aromatic hydroxyl groups is 1. The van der Waals surface area contributed by atoms with Crippen LogP contribution in [0.5, 0.6) is 17.2 Å². The minimum atomic E-state index is -0.129. The molecule has 0 unspecified atom stereocenters. The highest BCUT2D eigenvalue weighted by atomic mass is 16.5. The van der Waals surface area contributed by atoms with E-state index in [1.54, 1.807) is 28.1 Å². The Bertz CT molecular complexity index is 421. The summed E-state index contributed by atoms with van der Waals surface area (Å²) >= 11 is 0. The van der Waals surface area contributed by atoms with Crippen molar-refractivity contribution in [1.29, 1.82) is 0 Å². The normalized spacial score (nSPS) is 12.1. The van der Waals surface area contributed by atoms with Crippen LogP contribution in [0.2, 0.25) is 0 Å². The highest BCUT2D eigenvalue weighted by Gasteiger charge is 2.22. The summed E-state index contributed by atoms with van der Waals surface area (Å²) in [6, 6.07) is 0. The third-order valence-corrected chi connectivity index (χ3v) is 3.11. The fourth-order valence-electron chi connectivity index (χ4n) is 2.16. The van der Waals surface area contributed by atoms with Gasteiger partial charge in [0.2, 0.25) is 0 Å². The number of carbonyl (C=O) groups excluding carboxylic acids is 1. The third kappa shape index (κ3) is 2.42. The Labute approximate surface area is 108 Å². The Morgan fingerprint density at radius 3 is 1.94 bits per heavy atom. The van der Waals surface area contributed by atoms with E-state index < -0.39 is 0 Å². The van der Waals surface area contributed by atoms with Crippen molar-refractivity contribution in [2.75, 3.05) is 14.2 Å². The predicted octanol–water partition coefficient (Wildman–Crippen LogP) is 2.40. The van der Waals surface area contributed by atoms with Crippen LogP contribution in [0.25, 0.3) is 0 Å². The molecule has 0 radical (unpaired) electrons. The van der Waals surface area contributed by atoms with Crippen molar-refractivity contribution in [1.82, 2.24) is 0 Å². The summed E-state index contributed by atoms with van der Waals surface area (Å²) < 4.78 is 10.7. The largest absolute Gasteiger partial charge is 0.507 e. The highest BCUT2D eigenvalue weighted by Crippen LogP contribution is 2.42. The second-order valence-electron chi connectivity index (χ2n) is 4.46. The van der Waals surface area contributed by atoms with Crippen molar-refractivity contribution in [2.24, 2.45) is 5.92 Å². The number of hydrogen-bond acceptors (Lipinski definition) is 4. The van der Waals surface area contributed by atoms with Gasteiger partial charge in [-0.3, -0.25) is 0 Å². The molecule has 0 aliphatic rings. The lowest BCUT2D eigenvalue weighted by Crippen LogP contribution is -2.07. The first-order chi connectivity index (χ1) is 8.47. The van der Waals surface area contributed by atoms with E-state index in [0.717, 1.165) is 11.8 Å². The standard InChI is InChI=1S/C14H20O4/c1-8(7-15)6-11-13(17-4)9(2)12(16)10(3)14(11)18-5/h7-8,16H,6H2,1-5H3/t8-/m1/s1. The lowest BCUT2D eigenvalue weighted by molar-refractivity contribution is -0.110. The van der Waals surface area contributed by atoms with Crippen molar-refractivity contribution >= 4 is 6.29 Å². The number of phenols is 1. The molecule has 100 valence electrons. The van der Waals surface area contributed by atoms with Crippen LogP contribution in [0.3, 0.4) is 0 Å². The van der Waals surface area contributed by atoms with Crippen molar-refractivity contribution in [2.45, 2.75) is 27.2 Å². The van der Waals surface area contributed by atoms with Crippen molar-refractivity contribution in [3.63, 3.8) is 0 Å². The molecule has 4 heteroatoms. The number of benzene rings is 1. The molecular formula is C14H20O4. The molecule has 0 saturated carbocycles. The smallest absolute Gasteiger partial charge is 0.132 e. The molecule has 0 aliphatic carbocycles. The van der Waals surface area contributed by atoms with Gasteiger partial charge < -0.3 is 19.4 Å². The molecular weight excluding hydrogens is 232 g/mol. The van der Waals surface area contributed by atoms with Crippen LogP contribution in [-0.2, 0) is 11.2 Å². The summed E-state index contributed by atoms with van der Waals surface area (Å²) in [5, 5.41) is 10.0. The molecule has 0 aliphatic heterocycles. The molecule has 0 heterocycles. The maximum absolute atomic E-state index is 10.8. The van der Waals surface area contributed by atoms with E-state index in [0.29, 0.717) is 29.0 Å². The van der Waals surface area contributed by atoms with Crippen LogP contribution in [0.4, 0.5) is 0 Å². The molecule has 1 atom stereocenters. The van der Waals surface area contributed by atoms with E-state index in [-0.39, 0.29) is 11.7 Å². The Balaban J connectivity index is 3.48. The lowest BCUT2D eigenvalue weighted by atomic mass is 9.95. The molecule has 0 spiro atoms. The van der Waals surface area contributed by atoms with Crippen LogP contribution >= 0.6 is 0 Å². The molecule has 1 N–H and O–H groups in total. The van der Waals surface area contributed by atoms with Gasteiger partial charge in [-0.25, -0.2) is 0 Å². The van der Waals surface area contributed by atoms with Crippen LogP contribution in [-0.4, -0.2) is 25.6 Å². The van der Waals surface area contributed by atoms with Crippen LogP contribution in [0, 0.1) is 19.8 Å². The molecule has 1 rings (SSSR count). The Kier molecular flexibility index (Phi) is 4.59. The number of carbonyl (C=O) groups is 1. The second-order valence-corrected chi connectivity index (χ2v) is 4.46. The van der Waals surface area contributed by atoms with Gasteiger partial charge in [0, 0.05) is 22.6 Å². The van der Waals surface area contributed by atoms with E-state index in [4.69, 9.17) is 9.47 Å². The highest BCUT2D eigenvalue weighted by molar-refractivity contribution is 5.63. The zero-order valence-electron chi connectivity index (χ0n) is 11.5. The van der Waals surface area contributed by atoms with Crippen LogP contribution < -0.4 is 9.47 Å². The van der Waals surface area contributed by atoms with Gasteiger partial charge in [0.1, 0.15) is 23.5 Å². The lowest BCUT2D eigenvalue weighted by Gasteiger charge is -2.20. The SMILES string of the molecule is COc1c(C)c(O)c(C)c(OC)c1C[C@@H](C)C=O. The van der Waals surface area contributed by atoms with Gasteiger partial charge in [-0.2, -0.15) is 0 Å². The minimum Gasteiger partial charge on any atom is -0.507 e. The average Bonchev–Trinajstić information content (AvgIpc) is 2.37. The summed E-state index contributed by atoms with van der Waals surface area (Å²) in [6.45, 7) is 5.41. The topological polar surface area (TPSA) is 55.8 Å². The second kappa shape index (κ2) is 5.76. The maximum atomic E-state index is 10.8. The number of aldehydes is 1. The molecule has 1 aromatic carbocycles. The van der Waals surface area contributed by atoms with Crippen LogP contribution in [0.15, 0.2) is 0 Å². The minimum absolute atomic E-state index is 0.129. The molecule has 4 nitrogen and oxygen atoms in total. The molecule has 0 saturated heterocycles. The van der Waals surface area contributed by atoms with Gasteiger partial charge in [-0.1, -0.05) is 6.92 Å². The number of methoxy groups -OCH3 is 2. The summed E-state index contributed by atoms with van der Waals surface area (Å²) in [5.74, 6) is 1.22. The quantitative estimate of drug-likeness (QED) is 0.818. The summed E-state index contributed by atoms with van der Waals surface area (Å²) in [4.78, 5) is 10.8. The van der Waals surface area contributed by atoms with Crippen molar-refractivity contribution < 1.29 is 19.4 Å². The van der Waals surface area contributed by atoms with E-state index in [2.05, 4.69) is 0 Å². The van der Waals surface area contributed by atoms with Gasteiger partial charge in [0.25, 0.3) is 0 Å². The van der Waals surface area contributed by atoms with Gasteiger partial charge in [-0.15, -0.1) is 0 Å². The Hall–Kier alpha value is -1.71. The molecule has 0 fully saturated rings. The summed E-state index contributed by atoms with van der Waals surface area (Å²) in [6.07, 6.45) is 1.42. The number of rotatable bonds is 5.